The van der Waals surface area contributed by atoms with Crippen molar-refractivity contribution in [3.63, 3.8) is 0 Å². The lowest BCUT2D eigenvalue weighted by molar-refractivity contribution is 0.544. The lowest BCUT2D eigenvalue weighted by Gasteiger charge is -2.11. The Morgan fingerprint density at radius 2 is 1.86 bits per heavy atom. The van der Waals surface area contributed by atoms with Crippen molar-refractivity contribution in [1.82, 2.24) is 3.82 Å². The highest BCUT2D eigenvalue weighted by atomic mass is 35.5. The molecule has 0 bridgehead atoms. The van der Waals surface area contributed by atoms with E-state index in [4.69, 9.17) is 11.8 Å². The second-order valence-electron chi connectivity index (χ2n) is 2.85. The summed E-state index contributed by atoms with van der Waals surface area (Å²) in [5, 5.41) is 0. The molecule has 1 rings (SSSR count). The summed E-state index contributed by atoms with van der Waals surface area (Å²) in [5.41, 5.74) is 0.742. The first-order valence-corrected chi connectivity index (χ1v) is 6.21. The van der Waals surface area contributed by atoms with Crippen LogP contribution in [0.3, 0.4) is 0 Å². The topological polar surface area (TPSA) is 37.4 Å². The van der Waals surface area contributed by atoms with Gasteiger partial charge in [0.2, 0.25) is 10.0 Å². The molecule has 0 heterocycles. The molecule has 0 aliphatic rings. The molecule has 0 amide bonds. The van der Waals surface area contributed by atoms with Gasteiger partial charge in [0.25, 0.3) is 0 Å². The Labute approximate surface area is 89.5 Å². The Morgan fingerprint density at radius 1 is 1.29 bits per heavy atom. The summed E-state index contributed by atoms with van der Waals surface area (Å²) in [7, 11) is -3.36. The molecule has 0 saturated heterocycles. The maximum Gasteiger partial charge on any atom is 0.231 e. The van der Waals surface area contributed by atoms with E-state index in [1.54, 1.807) is 31.2 Å². The minimum atomic E-state index is -3.36. The number of nitrogens with zero attached hydrogens (tertiary/aromatic N) is 1. The molecule has 0 atom stereocenters. The second-order valence-corrected chi connectivity index (χ2v) is 5.35. The summed E-state index contributed by atoms with van der Waals surface area (Å²) in [5.74, 6) is -0.0504. The van der Waals surface area contributed by atoms with Gasteiger partial charge < -0.3 is 0 Å². The predicted molar refractivity (Wildman–Crippen MR) is 57.3 cm³/mol. The third kappa shape index (κ3) is 2.97. The quantitative estimate of drug-likeness (QED) is 0.746. The van der Waals surface area contributed by atoms with E-state index in [1.807, 2.05) is 6.07 Å². The van der Waals surface area contributed by atoms with Crippen LogP contribution in [-0.2, 0) is 15.8 Å². The fourth-order valence-corrected chi connectivity index (χ4v) is 2.35. The van der Waals surface area contributed by atoms with Crippen LogP contribution < -0.4 is 0 Å². The molecule has 5 heteroatoms. The van der Waals surface area contributed by atoms with E-state index in [0.717, 1.165) is 9.39 Å². The molecule has 0 aliphatic carbocycles. The van der Waals surface area contributed by atoms with Crippen molar-refractivity contribution in [2.75, 3.05) is 6.54 Å². The second kappa shape index (κ2) is 4.77. The van der Waals surface area contributed by atoms with E-state index in [-0.39, 0.29) is 12.3 Å². The summed E-state index contributed by atoms with van der Waals surface area (Å²) >= 11 is 5.55. The van der Waals surface area contributed by atoms with E-state index in [2.05, 4.69) is 0 Å². The number of halogens is 1. The molecule has 14 heavy (non-hydrogen) atoms. The highest BCUT2D eigenvalue weighted by molar-refractivity contribution is 7.89. The molecule has 0 aliphatic heterocycles. The van der Waals surface area contributed by atoms with Crippen LogP contribution in [0.25, 0.3) is 0 Å². The van der Waals surface area contributed by atoms with Crippen molar-refractivity contribution in [3.05, 3.63) is 35.9 Å². The molecule has 1 aromatic rings. The number of sulfonamides is 1. The van der Waals surface area contributed by atoms with Gasteiger partial charge in [-0.3, -0.25) is 0 Å². The lowest BCUT2D eigenvalue weighted by Crippen LogP contribution is -2.22. The highest BCUT2D eigenvalue weighted by Crippen LogP contribution is 2.11. The third-order valence-corrected chi connectivity index (χ3v) is 4.17. The first-order chi connectivity index (χ1) is 6.56. The van der Waals surface area contributed by atoms with E-state index in [0.29, 0.717) is 0 Å². The van der Waals surface area contributed by atoms with Gasteiger partial charge in [-0.05, 0) is 24.3 Å². The van der Waals surface area contributed by atoms with Crippen molar-refractivity contribution < 1.29 is 8.42 Å². The van der Waals surface area contributed by atoms with Gasteiger partial charge in [0.1, 0.15) is 0 Å². The SMILES string of the molecule is CCN(Cl)S(=O)(=O)Cc1ccccc1. The van der Waals surface area contributed by atoms with Gasteiger partial charge in [-0.25, -0.2) is 8.42 Å². The van der Waals surface area contributed by atoms with Gasteiger partial charge in [0, 0.05) is 6.54 Å². The third-order valence-electron chi connectivity index (χ3n) is 1.74. The van der Waals surface area contributed by atoms with E-state index >= 15 is 0 Å². The van der Waals surface area contributed by atoms with Crippen molar-refractivity contribution in [2.24, 2.45) is 0 Å². The van der Waals surface area contributed by atoms with Crippen molar-refractivity contribution in [2.45, 2.75) is 12.7 Å². The number of rotatable bonds is 4. The fourth-order valence-electron chi connectivity index (χ4n) is 1.05. The fraction of sp³-hybridized carbons (Fsp3) is 0.333. The van der Waals surface area contributed by atoms with Crippen molar-refractivity contribution in [1.29, 1.82) is 0 Å². The molecular weight excluding hydrogens is 222 g/mol. The summed E-state index contributed by atoms with van der Waals surface area (Å²) in [6, 6.07) is 8.97. The van der Waals surface area contributed by atoms with Crippen LogP contribution in [0.5, 0.6) is 0 Å². The molecule has 0 unspecified atom stereocenters. The van der Waals surface area contributed by atoms with Gasteiger partial charge in [0.15, 0.2) is 0 Å². The number of hydrogen-bond donors (Lipinski definition) is 0. The van der Waals surface area contributed by atoms with Crippen LogP contribution >= 0.6 is 11.8 Å². The molecule has 0 spiro atoms. The average Bonchev–Trinajstić information content (AvgIpc) is 2.17. The zero-order chi connectivity index (χ0) is 10.6. The van der Waals surface area contributed by atoms with Crippen LogP contribution in [0.2, 0.25) is 0 Å². The summed E-state index contributed by atoms with van der Waals surface area (Å²) < 4.78 is 23.9. The number of hydrogen-bond acceptors (Lipinski definition) is 2. The predicted octanol–water partition coefficient (Wildman–Crippen LogP) is 1.99. The first-order valence-electron chi connectivity index (χ1n) is 4.26. The van der Waals surface area contributed by atoms with Gasteiger partial charge in [-0.15, -0.1) is 3.82 Å². The van der Waals surface area contributed by atoms with Crippen LogP contribution in [0, 0.1) is 0 Å². The maximum absolute atomic E-state index is 11.5. The largest absolute Gasteiger partial charge is 0.231 e. The lowest BCUT2D eigenvalue weighted by atomic mass is 10.2. The Hall–Kier alpha value is -0.580. The molecule has 78 valence electrons. The first kappa shape index (κ1) is 11.5. The van der Waals surface area contributed by atoms with Crippen molar-refractivity contribution >= 4 is 21.8 Å². The minimum Gasteiger partial charge on any atom is -0.211 e. The molecular formula is C9H12ClNO2S. The van der Waals surface area contributed by atoms with E-state index in [9.17, 15) is 8.42 Å². The Balaban J connectivity index is 2.79. The van der Waals surface area contributed by atoms with Crippen LogP contribution in [-0.4, -0.2) is 18.8 Å². The molecule has 0 radical (unpaired) electrons. The maximum atomic E-state index is 11.5. The highest BCUT2D eigenvalue weighted by Gasteiger charge is 2.18. The van der Waals surface area contributed by atoms with E-state index in [1.165, 1.54) is 0 Å². The molecule has 1 aromatic carbocycles. The average molecular weight is 234 g/mol. The minimum absolute atomic E-state index is 0.0504. The smallest absolute Gasteiger partial charge is 0.211 e. The van der Waals surface area contributed by atoms with Gasteiger partial charge in [0.05, 0.1) is 5.75 Å². The summed E-state index contributed by atoms with van der Waals surface area (Å²) in [6.07, 6.45) is 0. The van der Waals surface area contributed by atoms with Crippen LogP contribution in [0.4, 0.5) is 0 Å². The molecule has 0 saturated carbocycles. The zero-order valence-corrected chi connectivity index (χ0v) is 9.42. The normalized spacial score (nSPS) is 11.9. The Morgan fingerprint density at radius 3 is 2.36 bits per heavy atom. The van der Waals surface area contributed by atoms with Gasteiger partial charge in [-0.2, -0.15) is 0 Å². The van der Waals surface area contributed by atoms with Gasteiger partial charge in [-0.1, -0.05) is 30.3 Å². The summed E-state index contributed by atoms with van der Waals surface area (Å²) in [4.78, 5) is 0. The monoisotopic (exact) mass is 233 g/mol. The van der Waals surface area contributed by atoms with Gasteiger partial charge >= 0.3 is 0 Å². The molecule has 0 aromatic heterocycles. The summed E-state index contributed by atoms with van der Waals surface area (Å²) in [6.45, 7) is 1.96. The molecule has 0 fully saturated rings. The molecule has 3 nitrogen and oxygen atoms in total. The van der Waals surface area contributed by atoms with Crippen molar-refractivity contribution in [3.8, 4) is 0 Å². The zero-order valence-electron chi connectivity index (χ0n) is 7.85. The van der Waals surface area contributed by atoms with E-state index < -0.39 is 10.0 Å². The standard InChI is InChI=1S/C9H12ClNO2S/c1-2-11(10)14(12,13)8-9-6-4-3-5-7-9/h3-7H,2,8H2,1H3. The Bertz CT molecular complexity index is 377. The molecule has 0 N–H and O–H groups in total. The number of benzene rings is 1. The van der Waals surface area contributed by atoms with Crippen LogP contribution in [0.15, 0.2) is 30.3 Å². The van der Waals surface area contributed by atoms with Crippen LogP contribution in [0.1, 0.15) is 12.5 Å². The Kier molecular flexibility index (Phi) is 3.92.